The number of Topliss-reactive ketones (excluding diaryl/α,β-unsaturated/α-hetero) is 1. The Kier molecular flexibility index (Phi) is 5.78. The van der Waals surface area contributed by atoms with Gasteiger partial charge in [-0.2, -0.15) is 0 Å². The van der Waals surface area contributed by atoms with Crippen molar-refractivity contribution in [2.75, 3.05) is 0 Å². The van der Waals surface area contributed by atoms with Crippen LogP contribution in [0.4, 0.5) is 0 Å². The van der Waals surface area contributed by atoms with E-state index in [1.165, 1.54) is 64.2 Å². The van der Waals surface area contributed by atoms with Gasteiger partial charge in [0.15, 0.2) is 0 Å². The van der Waals surface area contributed by atoms with Crippen LogP contribution < -0.4 is 0 Å². The first-order chi connectivity index (χ1) is 13.3. The minimum atomic E-state index is 0.471. The maximum atomic E-state index is 12.1. The minimum absolute atomic E-state index is 0.471. The molecule has 0 amide bonds. The van der Waals surface area contributed by atoms with Gasteiger partial charge in [0, 0.05) is 12.8 Å². The molecule has 0 bridgehead atoms. The Bertz CT molecular complexity index is 579. The molecule has 8 atom stereocenters. The van der Waals surface area contributed by atoms with Crippen LogP contribution in [-0.4, -0.2) is 5.78 Å². The van der Waals surface area contributed by atoms with Crippen molar-refractivity contribution in [3.05, 3.63) is 0 Å². The molecule has 0 radical (unpaired) electrons. The molecule has 4 aliphatic rings. The monoisotopic (exact) mass is 386 g/mol. The third kappa shape index (κ3) is 3.41. The van der Waals surface area contributed by atoms with E-state index in [4.69, 9.17) is 0 Å². The van der Waals surface area contributed by atoms with Gasteiger partial charge in [-0.05, 0) is 97.2 Å². The maximum absolute atomic E-state index is 12.1. The summed E-state index contributed by atoms with van der Waals surface area (Å²) in [5.41, 5.74) is 1.07. The van der Waals surface area contributed by atoms with Crippen LogP contribution >= 0.6 is 0 Å². The lowest BCUT2D eigenvalue weighted by molar-refractivity contribution is -0.140. The Balaban J connectivity index is 1.47. The molecule has 0 aromatic rings. The van der Waals surface area contributed by atoms with Crippen molar-refractivity contribution in [1.29, 1.82) is 0 Å². The van der Waals surface area contributed by atoms with Gasteiger partial charge in [-0.15, -0.1) is 0 Å². The zero-order valence-corrected chi connectivity index (χ0v) is 19.4. The molecular formula is C27H46O. The largest absolute Gasteiger partial charge is 0.300 e. The molecule has 0 aromatic carbocycles. The van der Waals surface area contributed by atoms with E-state index in [1.807, 2.05) is 0 Å². The molecule has 4 aliphatic carbocycles. The van der Waals surface area contributed by atoms with Gasteiger partial charge in [-0.3, -0.25) is 4.79 Å². The van der Waals surface area contributed by atoms with Crippen LogP contribution in [0, 0.1) is 52.3 Å². The highest BCUT2D eigenvalue weighted by atomic mass is 16.1. The highest BCUT2D eigenvalue weighted by molar-refractivity contribution is 5.79. The van der Waals surface area contributed by atoms with E-state index in [1.54, 1.807) is 0 Å². The van der Waals surface area contributed by atoms with Crippen LogP contribution in [0.15, 0.2) is 0 Å². The molecule has 0 aromatic heterocycles. The van der Waals surface area contributed by atoms with Crippen molar-refractivity contribution in [2.24, 2.45) is 52.3 Å². The normalized spacial score (nSPS) is 46.8. The second-order valence-electron chi connectivity index (χ2n) is 12.4. The summed E-state index contributed by atoms with van der Waals surface area (Å²) in [5.74, 6) is 6.82. The van der Waals surface area contributed by atoms with Crippen LogP contribution in [0.3, 0.4) is 0 Å². The summed E-state index contributed by atoms with van der Waals surface area (Å²) < 4.78 is 0. The SMILES string of the molecule is CC(C)CCC[C@@H](C)[C@H]1CC[C@@H]2[C@@H]3CC[C@H]4CC(=O)CC[C@]4(C)[C@H]3CC[C@@]21C. The lowest BCUT2D eigenvalue weighted by atomic mass is 9.44. The molecule has 4 fully saturated rings. The average molecular weight is 387 g/mol. The summed E-state index contributed by atoms with van der Waals surface area (Å²) in [7, 11) is 0. The van der Waals surface area contributed by atoms with Crippen molar-refractivity contribution in [3.8, 4) is 0 Å². The van der Waals surface area contributed by atoms with Crippen LogP contribution in [0.25, 0.3) is 0 Å². The molecule has 1 nitrogen and oxygen atoms in total. The molecule has 0 N–H and O–H groups in total. The Hall–Kier alpha value is -0.330. The van der Waals surface area contributed by atoms with Gasteiger partial charge in [0.25, 0.3) is 0 Å². The first-order valence-electron chi connectivity index (χ1n) is 12.8. The van der Waals surface area contributed by atoms with Crippen molar-refractivity contribution in [2.45, 2.75) is 112 Å². The summed E-state index contributed by atoms with van der Waals surface area (Å²) in [6.45, 7) is 12.6. The van der Waals surface area contributed by atoms with Crippen LogP contribution in [0.1, 0.15) is 112 Å². The molecule has 0 saturated heterocycles. The number of carbonyl (C=O) groups excluding carboxylic acids is 1. The molecule has 0 spiro atoms. The molecular weight excluding hydrogens is 340 g/mol. The second kappa shape index (κ2) is 7.73. The van der Waals surface area contributed by atoms with Crippen molar-refractivity contribution >= 4 is 5.78 Å². The summed E-state index contributed by atoms with van der Waals surface area (Å²) in [6, 6.07) is 0. The van der Waals surface area contributed by atoms with E-state index in [0.29, 0.717) is 22.5 Å². The first kappa shape index (κ1) is 20.9. The molecule has 4 rings (SSSR count). The van der Waals surface area contributed by atoms with Crippen molar-refractivity contribution in [1.82, 2.24) is 0 Å². The predicted octanol–water partition coefficient (Wildman–Crippen LogP) is 7.68. The topological polar surface area (TPSA) is 17.1 Å². The molecule has 1 heteroatoms. The summed E-state index contributed by atoms with van der Waals surface area (Å²) >= 11 is 0. The van der Waals surface area contributed by atoms with Gasteiger partial charge in [-0.1, -0.05) is 53.9 Å². The number of rotatable bonds is 5. The van der Waals surface area contributed by atoms with Crippen LogP contribution in [0.2, 0.25) is 0 Å². The molecule has 28 heavy (non-hydrogen) atoms. The fourth-order valence-corrected chi connectivity index (χ4v) is 9.07. The Morgan fingerprint density at radius 3 is 2.39 bits per heavy atom. The van der Waals surface area contributed by atoms with Gasteiger partial charge in [0.1, 0.15) is 5.78 Å². The third-order valence-electron chi connectivity index (χ3n) is 10.7. The zero-order chi connectivity index (χ0) is 20.1. The number of hydrogen-bond donors (Lipinski definition) is 0. The zero-order valence-electron chi connectivity index (χ0n) is 19.4. The highest BCUT2D eigenvalue weighted by Gasteiger charge is 2.60. The van der Waals surface area contributed by atoms with Crippen molar-refractivity contribution < 1.29 is 4.79 Å². The smallest absolute Gasteiger partial charge is 0.133 e. The van der Waals surface area contributed by atoms with Gasteiger partial charge < -0.3 is 0 Å². The Morgan fingerprint density at radius 2 is 1.64 bits per heavy atom. The second-order valence-corrected chi connectivity index (χ2v) is 12.4. The summed E-state index contributed by atoms with van der Waals surface area (Å²) in [5, 5.41) is 0. The van der Waals surface area contributed by atoms with Crippen molar-refractivity contribution in [3.63, 3.8) is 0 Å². The van der Waals surface area contributed by atoms with E-state index < -0.39 is 0 Å². The van der Waals surface area contributed by atoms with E-state index in [9.17, 15) is 4.79 Å². The van der Waals surface area contributed by atoms with Gasteiger partial charge in [0.2, 0.25) is 0 Å². The maximum Gasteiger partial charge on any atom is 0.133 e. The fourth-order valence-electron chi connectivity index (χ4n) is 9.07. The fraction of sp³-hybridized carbons (Fsp3) is 0.963. The van der Waals surface area contributed by atoms with E-state index >= 15 is 0 Å². The lowest BCUT2D eigenvalue weighted by Gasteiger charge is -2.60. The standard InChI is InChI=1S/C27H46O/c1-18(2)7-6-8-19(3)23-11-12-24-22-10-9-20-17-21(28)13-15-26(20,4)25(22)14-16-27(23,24)5/h18-20,22-25H,6-17H2,1-5H3/t19-,20+,22+,23-,24-,25+,26+,27-/m1/s1. The first-order valence-corrected chi connectivity index (χ1v) is 12.8. The Labute approximate surface area is 174 Å². The number of fused-ring (bicyclic) bond motifs is 5. The van der Waals surface area contributed by atoms with E-state index in [0.717, 1.165) is 48.3 Å². The van der Waals surface area contributed by atoms with Crippen LogP contribution in [-0.2, 0) is 4.79 Å². The molecule has 0 unspecified atom stereocenters. The quantitative estimate of drug-likeness (QED) is 0.473. The number of ketones is 1. The lowest BCUT2D eigenvalue weighted by Crippen LogP contribution is -2.53. The third-order valence-corrected chi connectivity index (χ3v) is 10.7. The molecule has 4 saturated carbocycles. The van der Waals surface area contributed by atoms with E-state index in [2.05, 4.69) is 34.6 Å². The van der Waals surface area contributed by atoms with Gasteiger partial charge >= 0.3 is 0 Å². The molecule has 160 valence electrons. The molecule has 0 aliphatic heterocycles. The Morgan fingerprint density at radius 1 is 0.893 bits per heavy atom. The average Bonchev–Trinajstić information content (AvgIpc) is 2.99. The molecule has 0 heterocycles. The summed E-state index contributed by atoms with van der Waals surface area (Å²) in [6.07, 6.45) is 15.9. The summed E-state index contributed by atoms with van der Waals surface area (Å²) in [4.78, 5) is 12.1. The minimum Gasteiger partial charge on any atom is -0.300 e. The number of carbonyl (C=O) groups is 1. The highest BCUT2D eigenvalue weighted by Crippen LogP contribution is 2.68. The van der Waals surface area contributed by atoms with Crippen LogP contribution in [0.5, 0.6) is 0 Å². The predicted molar refractivity (Wildman–Crippen MR) is 118 cm³/mol. The number of hydrogen-bond acceptors (Lipinski definition) is 1. The van der Waals surface area contributed by atoms with Gasteiger partial charge in [-0.25, -0.2) is 0 Å². The van der Waals surface area contributed by atoms with Gasteiger partial charge in [0.05, 0.1) is 0 Å². The van der Waals surface area contributed by atoms with E-state index in [-0.39, 0.29) is 0 Å².